The molecule has 0 amide bonds. The molecule has 4 aromatic rings. The Hall–Kier alpha value is -3.36. The monoisotopic (exact) mass is 444 g/mol. The van der Waals surface area contributed by atoms with Crippen LogP contribution in [-0.2, 0) is 4.28 Å². The molecule has 0 fully saturated rings. The van der Waals surface area contributed by atoms with E-state index in [2.05, 4.69) is 135 Å². The second-order valence-corrected chi connectivity index (χ2v) is 9.88. The van der Waals surface area contributed by atoms with Gasteiger partial charge in [0.1, 0.15) is 6.61 Å². The molecule has 0 spiro atoms. The van der Waals surface area contributed by atoms with Crippen LogP contribution in [0, 0.1) is 20.8 Å². The normalized spacial score (nSPS) is 16.0. The Morgan fingerprint density at radius 3 is 1.53 bits per heavy atom. The van der Waals surface area contributed by atoms with Gasteiger partial charge in [-0.15, -0.1) is 16.4 Å². The molecule has 1 aliphatic rings. The lowest BCUT2D eigenvalue weighted by molar-refractivity contribution is 0.0582. The third kappa shape index (κ3) is 3.83. The summed E-state index contributed by atoms with van der Waals surface area (Å²) in [6.07, 6.45) is -0.429. The summed E-state index contributed by atoms with van der Waals surface area (Å²) in [5, 5.41) is 0. The summed E-state index contributed by atoms with van der Waals surface area (Å²) in [7, 11) is 2.23. The molecule has 4 aromatic carbocycles. The number of benzene rings is 4. The average molecular weight is 444 g/mol. The van der Waals surface area contributed by atoms with E-state index in [-0.39, 0.29) is 0 Å². The molecule has 0 bridgehead atoms. The van der Waals surface area contributed by atoms with Crippen LogP contribution in [0.3, 0.4) is 0 Å². The molecule has 0 aliphatic carbocycles. The minimum Gasteiger partial charge on any atom is -0.662 e. The molecule has 1 heterocycles. The SMILES string of the molecule is Cc1ccc(C2=C(c3ccccc3)CC[O+](C)[B-]2(c2ccc(C)cc2)c2ccc(C)cc2)cc1. The first-order chi connectivity index (χ1) is 16.5. The second-order valence-electron chi connectivity index (χ2n) is 9.88. The molecule has 5 rings (SSSR count). The molecule has 0 aromatic heterocycles. The third-order valence-electron chi connectivity index (χ3n) is 7.59. The van der Waals surface area contributed by atoms with Crippen LogP contribution in [0.1, 0.15) is 34.2 Å². The molecule has 34 heavy (non-hydrogen) atoms. The van der Waals surface area contributed by atoms with E-state index in [1.807, 2.05) is 0 Å². The highest BCUT2D eigenvalue weighted by molar-refractivity contribution is 7.12. The van der Waals surface area contributed by atoms with Crippen LogP contribution in [0.15, 0.2) is 103 Å². The van der Waals surface area contributed by atoms with Crippen molar-refractivity contribution in [2.24, 2.45) is 0 Å². The van der Waals surface area contributed by atoms with Crippen molar-refractivity contribution in [3.8, 4) is 0 Å². The highest BCUT2D eigenvalue weighted by Crippen LogP contribution is 2.42. The zero-order valence-corrected chi connectivity index (χ0v) is 20.7. The maximum absolute atomic E-state index is 3.67. The van der Waals surface area contributed by atoms with Crippen LogP contribution in [-0.4, -0.2) is 20.1 Å². The Morgan fingerprint density at radius 2 is 1.03 bits per heavy atom. The van der Waals surface area contributed by atoms with Gasteiger partial charge in [-0.25, -0.2) is 0 Å². The lowest BCUT2D eigenvalue weighted by Crippen LogP contribution is -2.68. The van der Waals surface area contributed by atoms with Gasteiger partial charge in [-0.05, 0) is 26.3 Å². The smallest absolute Gasteiger partial charge is 0.377 e. The van der Waals surface area contributed by atoms with Gasteiger partial charge >= 0.3 is 6.35 Å². The summed E-state index contributed by atoms with van der Waals surface area (Å²) in [6.45, 7) is 7.43. The van der Waals surface area contributed by atoms with Crippen LogP contribution in [0.4, 0.5) is 0 Å². The minimum absolute atomic E-state index is 0.932. The fraction of sp³-hybridized carbons (Fsp3) is 0.188. The average Bonchev–Trinajstić information content (AvgIpc) is 2.86. The first-order valence-corrected chi connectivity index (χ1v) is 12.3. The first-order valence-electron chi connectivity index (χ1n) is 12.3. The number of aryl methyl sites for hydroxylation is 3. The molecule has 0 unspecified atom stereocenters. The van der Waals surface area contributed by atoms with Crippen molar-refractivity contribution in [1.29, 1.82) is 0 Å². The molecule has 1 nitrogen and oxygen atoms in total. The van der Waals surface area contributed by atoms with Crippen LogP contribution < -0.4 is 10.9 Å². The van der Waals surface area contributed by atoms with Gasteiger partial charge in [0.2, 0.25) is 0 Å². The van der Waals surface area contributed by atoms with E-state index < -0.39 is 6.35 Å². The number of hydrogen-bond donors (Lipinski definition) is 0. The molecule has 0 N–H and O–H groups in total. The van der Waals surface area contributed by atoms with Crippen molar-refractivity contribution < 1.29 is 4.28 Å². The summed E-state index contributed by atoms with van der Waals surface area (Å²) in [5.41, 5.74) is 12.0. The van der Waals surface area contributed by atoms with E-state index in [4.69, 9.17) is 0 Å². The molecule has 0 atom stereocenters. The van der Waals surface area contributed by atoms with Gasteiger partial charge in [-0.1, -0.05) is 131 Å². The Labute approximate surface area is 204 Å². The molecular weight excluding hydrogens is 411 g/mol. The van der Waals surface area contributed by atoms with E-state index in [9.17, 15) is 0 Å². The predicted octanol–water partition coefficient (Wildman–Crippen LogP) is 6.41. The van der Waals surface area contributed by atoms with Gasteiger partial charge in [-0.2, -0.15) is 0 Å². The largest absolute Gasteiger partial charge is 0.662 e. The van der Waals surface area contributed by atoms with Gasteiger partial charge in [0, 0.05) is 6.42 Å². The van der Waals surface area contributed by atoms with Crippen LogP contribution in [0.2, 0.25) is 0 Å². The topological polar surface area (TPSA) is 2.70 Å². The summed E-state index contributed by atoms with van der Waals surface area (Å²) in [6, 6.07) is 38.4. The van der Waals surface area contributed by atoms with Crippen molar-refractivity contribution in [3.63, 3.8) is 0 Å². The summed E-state index contributed by atoms with van der Waals surface area (Å²) < 4.78 is 3.67. The lowest BCUT2D eigenvalue weighted by atomic mass is 9.25. The minimum atomic E-state index is -1.42. The van der Waals surface area contributed by atoms with E-state index in [0.29, 0.717) is 0 Å². The fourth-order valence-corrected chi connectivity index (χ4v) is 5.77. The molecular formula is C32H33BO. The van der Waals surface area contributed by atoms with Gasteiger partial charge in [-0.3, -0.25) is 0 Å². The van der Waals surface area contributed by atoms with Crippen molar-refractivity contribution in [1.82, 2.24) is 0 Å². The maximum atomic E-state index is 3.67. The van der Waals surface area contributed by atoms with Crippen molar-refractivity contribution >= 4 is 28.3 Å². The van der Waals surface area contributed by atoms with Gasteiger partial charge in [0.25, 0.3) is 0 Å². The standard InChI is InChI=1S/C32H33BO/c1-24-10-16-28(17-11-24)32-31(27-8-6-5-7-9-27)22-23-34(4)33(32,29-18-12-25(2)13-19-29)30-20-14-26(3)15-21-30/h5-21H,22-23H2,1-4H3. The first kappa shape index (κ1) is 22.4. The highest BCUT2D eigenvalue weighted by atomic mass is 16.6. The molecule has 0 saturated carbocycles. The van der Waals surface area contributed by atoms with E-state index >= 15 is 0 Å². The summed E-state index contributed by atoms with van der Waals surface area (Å²) in [5.74, 6) is 0. The lowest BCUT2D eigenvalue weighted by Gasteiger charge is -2.52. The molecule has 0 radical (unpaired) electrons. The van der Waals surface area contributed by atoms with Crippen molar-refractivity contribution in [2.45, 2.75) is 27.2 Å². The predicted molar refractivity (Wildman–Crippen MR) is 148 cm³/mol. The molecule has 0 saturated heterocycles. The van der Waals surface area contributed by atoms with Crippen molar-refractivity contribution in [2.75, 3.05) is 13.7 Å². The number of hydrogen-bond acceptors (Lipinski definition) is 0. The van der Waals surface area contributed by atoms with E-state index in [1.165, 1.54) is 49.8 Å². The second kappa shape index (κ2) is 9.12. The zero-order valence-electron chi connectivity index (χ0n) is 20.7. The zero-order chi connectivity index (χ0) is 23.7. The van der Waals surface area contributed by atoms with Crippen LogP contribution in [0.5, 0.6) is 0 Å². The van der Waals surface area contributed by atoms with Gasteiger partial charge in [0.15, 0.2) is 0 Å². The Morgan fingerprint density at radius 1 is 0.559 bits per heavy atom. The summed E-state index contributed by atoms with van der Waals surface area (Å²) >= 11 is 0. The number of rotatable bonds is 4. The molecule has 1 aliphatic heterocycles. The quantitative estimate of drug-likeness (QED) is 0.253. The Bertz CT molecular complexity index is 1260. The Balaban J connectivity index is 1.92. The van der Waals surface area contributed by atoms with E-state index in [0.717, 1.165) is 13.0 Å². The molecule has 170 valence electrons. The highest BCUT2D eigenvalue weighted by Gasteiger charge is 2.49. The van der Waals surface area contributed by atoms with Crippen molar-refractivity contribution in [3.05, 3.63) is 131 Å². The Kier molecular flexibility index (Phi) is 6.02. The molecule has 2 heteroatoms. The van der Waals surface area contributed by atoms with E-state index in [1.54, 1.807) is 0 Å². The fourth-order valence-electron chi connectivity index (χ4n) is 5.77. The van der Waals surface area contributed by atoms with Crippen LogP contribution >= 0.6 is 0 Å². The van der Waals surface area contributed by atoms with Gasteiger partial charge < -0.3 is 4.28 Å². The van der Waals surface area contributed by atoms with Gasteiger partial charge in [0.05, 0.1) is 7.11 Å². The van der Waals surface area contributed by atoms with Crippen LogP contribution in [0.25, 0.3) is 11.0 Å². The third-order valence-corrected chi connectivity index (χ3v) is 7.59. The maximum Gasteiger partial charge on any atom is 0.377 e. The summed E-state index contributed by atoms with van der Waals surface area (Å²) in [4.78, 5) is 0.